The Hall–Kier alpha value is -2.69. The van der Waals surface area contributed by atoms with Gasteiger partial charge in [-0.05, 0) is 70.4 Å². The summed E-state index contributed by atoms with van der Waals surface area (Å²) in [5, 5.41) is 9.85. The van der Waals surface area contributed by atoms with E-state index in [1.165, 1.54) is 12.8 Å². The molecule has 6 atom stereocenters. The summed E-state index contributed by atoms with van der Waals surface area (Å²) in [7, 11) is 0. The van der Waals surface area contributed by atoms with Crippen LogP contribution >= 0.6 is 0 Å². The zero-order valence-corrected chi connectivity index (χ0v) is 26.5. The number of carbonyl (C=O) groups excluding carboxylic acids is 3. The number of piperazine rings is 1. The zero-order chi connectivity index (χ0) is 30.6. The molecule has 0 aromatic heterocycles. The molecule has 1 aromatic rings. The van der Waals surface area contributed by atoms with Crippen LogP contribution in [0.1, 0.15) is 83.2 Å². The smallest absolute Gasteiger partial charge is 0.246 e. The first kappa shape index (κ1) is 31.3. The molecule has 0 unspecified atom stereocenters. The molecular formula is C34H51N5O5. The molecule has 44 heavy (non-hydrogen) atoms. The molecule has 3 heterocycles. The van der Waals surface area contributed by atoms with Gasteiger partial charge in [-0.2, -0.15) is 0 Å². The highest BCUT2D eigenvalue weighted by atomic mass is 16.5. The van der Waals surface area contributed by atoms with Crippen molar-refractivity contribution in [1.29, 1.82) is 0 Å². The first-order valence-electron chi connectivity index (χ1n) is 17.1. The van der Waals surface area contributed by atoms with E-state index in [9.17, 15) is 14.4 Å². The highest BCUT2D eigenvalue weighted by Gasteiger charge is 2.47. The van der Waals surface area contributed by atoms with Gasteiger partial charge in [0.2, 0.25) is 17.7 Å². The standard InChI is InChI=1S/C34H51N5O5/c1-3-43-26-17-25-19-39(29(21-38(25)20-26)33(41)36-28-15-16-44-30-12-8-7-11-27(28)30)34(42)31(24-9-5-4-6-10-24)37-32(40)22(2)35-18-23-13-14-23/h7-8,11-12,22-26,28-29,31,35H,3-6,9-10,13-21H2,1-2H3,(H,36,41)(H,37,40)/t22-,25+,26+,28+,29-,31-/m0/s1. The van der Waals surface area contributed by atoms with Crippen LogP contribution in [0.3, 0.4) is 0 Å². The van der Waals surface area contributed by atoms with Gasteiger partial charge in [0.05, 0.1) is 24.8 Å². The number of benzene rings is 1. The molecule has 0 radical (unpaired) electrons. The van der Waals surface area contributed by atoms with E-state index in [1.54, 1.807) is 4.90 Å². The topological polar surface area (TPSA) is 112 Å². The van der Waals surface area contributed by atoms with Gasteiger partial charge < -0.3 is 30.3 Å². The molecule has 10 nitrogen and oxygen atoms in total. The van der Waals surface area contributed by atoms with Crippen LogP contribution in [0.5, 0.6) is 5.75 Å². The minimum atomic E-state index is -0.650. The van der Waals surface area contributed by atoms with Crippen molar-refractivity contribution < 1.29 is 23.9 Å². The van der Waals surface area contributed by atoms with Crippen LogP contribution in [0, 0.1) is 11.8 Å². The highest BCUT2D eigenvalue weighted by molar-refractivity contribution is 5.93. The summed E-state index contributed by atoms with van der Waals surface area (Å²) < 4.78 is 11.8. The lowest BCUT2D eigenvalue weighted by Crippen LogP contribution is -2.66. The zero-order valence-electron chi connectivity index (χ0n) is 26.5. The molecule has 242 valence electrons. The average molecular weight is 610 g/mol. The second-order valence-corrected chi connectivity index (χ2v) is 13.6. The van der Waals surface area contributed by atoms with Crippen LogP contribution in [0.15, 0.2) is 24.3 Å². The van der Waals surface area contributed by atoms with E-state index >= 15 is 0 Å². The lowest BCUT2D eigenvalue weighted by Gasteiger charge is -2.45. The number of amides is 3. The molecule has 0 spiro atoms. The fourth-order valence-corrected chi connectivity index (χ4v) is 7.67. The van der Waals surface area contributed by atoms with Gasteiger partial charge in [-0.1, -0.05) is 37.5 Å². The third-order valence-corrected chi connectivity index (χ3v) is 10.4. The normalized spacial score (nSPS) is 28.7. The van der Waals surface area contributed by atoms with E-state index in [2.05, 4.69) is 20.9 Å². The fraction of sp³-hybridized carbons (Fsp3) is 0.735. The Morgan fingerprint density at radius 1 is 1.02 bits per heavy atom. The van der Waals surface area contributed by atoms with Gasteiger partial charge in [-0.25, -0.2) is 0 Å². The number of hydrogen-bond acceptors (Lipinski definition) is 7. The summed E-state index contributed by atoms with van der Waals surface area (Å²) in [4.78, 5) is 46.4. The number of nitrogens with one attached hydrogen (secondary N) is 3. The first-order chi connectivity index (χ1) is 21.4. The van der Waals surface area contributed by atoms with Gasteiger partial charge in [0.25, 0.3) is 0 Å². The quantitative estimate of drug-likeness (QED) is 0.354. The molecule has 6 rings (SSSR count). The van der Waals surface area contributed by atoms with Crippen molar-refractivity contribution in [1.82, 2.24) is 25.8 Å². The number of para-hydroxylation sites is 1. The minimum Gasteiger partial charge on any atom is -0.493 e. The van der Waals surface area contributed by atoms with E-state index in [0.29, 0.717) is 38.6 Å². The van der Waals surface area contributed by atoms with Crippen molar-refractivity contribution in [3.63, 3.8) is 0 Å². The van der Waals surface area contributed by atoms with Crippen molar-refractivity contribution in [3.8, 4) is 5.75 Å². The van der Waals surface area contributed by atoms with E-state index in [-0.39, 0.29) is 47.9 Å². The van der Waals surface area contributed by atoms with Crippen molar-refractivity contribution in [2.24, 2.45) is 11.8 Å². The molecule has 1 aromatic carbocycles. The molecule has 10 heteroatoms. The fourth-order valence-electron chi connectivity index (χ4n) is 7.67. The molecule has 2 saturated heterocycles. The number of ether oxygens (including phenoxy) is 2. The maximum absolute atomic E-state index is 14.7. The van der Waals surface area contributed by atoms with Crippen molar-refractivity contribution >= 4 is 17.7 Å². The predicted molar refractivity (Wildman–Crippen MR) is 167 cm³/mol. The Labute approximate surface area is 262 Å². The van der Waals surface area contributed by atoms with Gasteiger partial charge in [0.15, 0.2) is 0 Å². The number of carbonyl (C=O) groups is 3. The molecule has 0 bridgehead atoms. The molecular weight excluding hydrogens is 558 g/mol. The molecule has 2 aliphatic carbocycles. The number of nitrogens with zero attached hydrogens (tertiary/aromatic N) is 2. The monoisotopic (exact) mass is 609 g/mol. The molecule has 3 N–H and O–H groups in total. The van der Waals surface area contributed by atoms with Crippen molar-refractivity contribution in [3.05, 3.63) is 29.8 Å². The minimum absolute atomic E-state index is 0.0692. The van der Waals surface area contributed by atoms with Gasteiger partial charge in [-0.3, -0.25) is 19.3 Å². The van der Waals surface area contributed by atoms with E-state index < -0.39 is 12.1 Å². The maximum Gasteiger partial charge on any atom is 0.246 e. The van der Waals surface area contributed by atoms with Crippen LogP contribution < -0.4 is 20.7 Å². The van der Waals surface area contributed by atoms with Crippen LogP contribution in [0.2, 0.25) is 0 Å². The van der Waals surface area contributed by atoms with Gasteiger partial charge >= 0.3 is 0 Å². The Morgan fingerprint density at radius 3 is 2.59 bits per heavy atom. The second kappa shape index (κ2) is 14.2. The van der Waals surface area contributed by atoms with Crippen molar-refractivity contribution in [2.45, 2.75) is 108 Å². The Kier molecular flexibility index (Phi) is 10.1. The van der Waals surface area contributed by atoms with Crippen LogP contribution in [-0.4, -0.2) is 97.2 Å². The van der Waals surface area contributed by atoms with Crippen LogP contribution in [0.4, 0.5) is 0 Å². The summed E-state index contributed by atoms with van der Waals surface area (Å²) in [5.41, 5.74) is 0.969. The number of fused-ring (bicyclic) bond motifs is 2. The van der Waals surface area contributed by atoms with Gasteiger partial charge in [0.1, 0.15) is 17.8 Å². The largest absolute Gasteiger partial charge is 0.493 e. The summed E-state index contributed by atoms with van der Waals surface area (Å²) in [6.45, 7) is 7.57. The second-order valence-electron chi connectivity index (χ2n) is 13.6. The Morgan fingerprint density at radius 2 is 1.82 bits per heavy atom. The summed E-state index contributed by atoms with van der Waals surface area (Å²) in [6.07, 6.45) is 9.11. The van der Waals surface area contributed by atoms with Crippen LogP contribution in [-0.2, 0) is 19.1 Å². The number of rotatable bonds is 11. The van der Waals surface area contributed by atoms with Gasteiger partial charge in [-0.15, -0.1) is 0 Å². The molecule has 2 saturated carbocycles. The summed E-state index contributed by atoms with van der Waals surface area (Å²) >= 11 is 0. The van der Waals surface area contributed by atoms with Crippen LogP contribution in [0.25, 0.3) is 0 Å². The molecule has 4 fully saturated rings. The third kappa shape index (κ3) is 7.23. The molecule has 3 aliphatic heterocycles. The van der Waals surface area contributed by atoms with E-state index in [0.717, 1.165) is 62.9 Å². The lowest BCUT2D eigenvalue weighted by molar-refractivity contribution is -0.149. The summed E-state index contributed by atoms with van der Waals surface area (Å²) in [6, 6.07) is 6.13. The van der Waals surface area contributed by atoms with E-state index in [4.69, 9.17) is 9.47 Å². The van der Waals surface area contributed by atoms with Gasteiger partial charge in [0, 0.05) is 44.3 Å². The van der Waals surface area contributed by atoms with E-state index in [1.807, 2.05) is 38.1 Å². The summed E-state index contributed by atoms with van der Waals surface area (Å²) in [5.74, 6) is 1.12. The van der Waals surface area contributed by atoms with Crippen molar-refractivity contribution in [2.75, 3.05) is 39.4 Å². The Bertz CT molecular complexity index is 1170. The average Bonchev–Trinajstić information content (AvgIpc) is 3.79. The Balaban J connectivity index is 1.23. The highest BCUT2D eigenvalue weighted by Crippen LogP contribution is 2.34. The predicted octanol–water partition coefficient (Wildman–Crippen LogP) is 2.77. The lowest BCUT2D eigenvalue weighted by atomic mass is 9.82. The SMILES string of the molecule is CCO[C@@H]1C[C@@H]2CN(C(=O)[C@@H](NC(=O)[C@H](C)NCC3CC3)C3CCCCC3)[C@H](C(=O)N[C@@H]3CCOc4ccccc43)CN2C1. The number of hydrogen-bond donors (Lipinski definition) is 3. The molecule has 3 amide bonds. The maximum atomic E-state index is 14.7. The first-order valence-corrected chi connectivity index (χ1v) is 17.1. The molecule has 5 aliphatic rings. The third-order valence-electron chi connectivity index (χ3n) is 10.4.